The van der Waals surface area contributed by atoms with Crippen molar-refractivity contribution in [3.8, 4) is 11.5 Å². The Bertz CT molecular complexity index is 575. The van der Waals surface area contributed by atoms with E-state index in [1.54, 1.807) is 0 Å². The lowest BCUT2D eigenvalue weighted by atomic mass is 10.0. The van der Waals surface area contributed by atoms with E-state index >= 15 is 0 Å². The number of carbonyl (C=O) groups is 1. The van der Waals surface area contributed by atoms with Gasteiger partial charge in [0.1, 0.15) is 5.60 Å². The minimum Gasteiger partial charge on any atom is -0.545 e. The van der Waals surface area contributed by atoms with E-state index in [1.807, 2.05) is 0 Å². The Morgan fingerprint density at radius 1 is 1.27 bits per heavy atom. The number of aromatic carboxylic acids is 1. The average Bonchev–Trinajstić information content (AvgIpc) is 2.88. The molecule has 0 radical (unpaired) electrons. The van der Waals surface area contributed by atoms with Gasteiger partial charge in [-0.25, -0.2) is 0 Å². The summed E-state index contributed by atoms with van der Waals surface area (Å²) in [5.41, 5.74) is -1.10. The topological polar surface area (TPSA) is 58.6 Å². The second-order valence-corrected chi connectivity index (χ2v) is 5.07. The molecule has 0 atom stereocenters. The van der Waals surface area contributed by atoms with Crippen LogP contribution >= 0.6 is 0 Å². The molecule has 22 heavy (non-hydrogen) atoms. The van der Waals surface area contributed by atoms with Crippen molar-refractivity contribution in [3.05, 3.63) is 36.4 Å². The summed E-state index contributed by atoms with van der Waals surface area (Å²) in [5, 5.41) is 10.9. The van der Waals surface area contributed by atoms with Crippen LogP contribution in [0.3, 0.4) is 0 Å². The molecular formula is C15H14F3O4-. The molecule has 0 heterocycles. The number of hydrogen-bond acceptors (Lipinski definition) is 4. The van der Waals surface area contributed by atoms with E-state index in [4.69, 9.17) is 4.74 Å². The number of carboxylic acid groups (broad SMARTS) is 1. The smallest absolute Gasteiger partial charge is 0.545 e. The Morgan fingerprint density at radius 3 is 2.41 bits per heavy atom. The summed E-state index contributed by atoms with van der Waals surface area (Å²) in [6.45, 7) is 3.66. The summed E-state index contributed by atoms with van der Waals surface area (Å²) >= 11 is 0. The number of benzene rings is 1. The van der Waals surface area contributed by atoms with Crippen LogP contribution in [0.15, 0.2) is 30.9 Å². The Kier molecular flexibility index (Phi) is 4.35. The van der Waals surface area contributed by atoms with E-state index in [0.717, 1.165) is 31.0 Å². The molecule has 0 N–H and O–H groups in total. The summed E-state index contributed by atoms with van der Waals surface area (Å²) in [4.78, 5) is 10.9. The van der Waals surface area contributed by atoms with E-state index in [-0.39, 0.29) is 11.3 Å². The molecule has 0 saturated heterocycles. The molecule has 1 saturated carbocycles. The summed E-state index contributed by atoms with van der Waals surface area (Å²) in [6, 6.07) is 2.85. The first-order valence-corrected chi connectivity index (χ1v) is 6.68. The minimum absolute atomic E-state index is 0.290. The van der Waals surface area contributed by atoms with Crippen molar-refractivity contribution in [2.45, 2.75) is 37.6 Å². The van der Waals surface area contributed by atoms with Gasteiger partial charge in [-0.1, -0.05) is 6.58 Å². The normalized spacial score (nSPS) is 17.0. The van der Waals surface area contributed by atoms with Crippen LogP contribution in [-0.2, 0) is 0 Å². The third-order valence-electron chi connectivity index (χ3n) is 3.54. The molecule has 0 bridgehead atoms. The Hall–Kier alpha value is -2.18. The van der Waals surface area contributed by atoms with E-state index in [0.29, 0.717) is 12.8 Å². The van der Waals surface area contributed by atoms with Gasteiger partial charge in [0.25, 0.3) is 0 Å². The first-order valence-electron chi connectivity index (χ1n) is 6.68. The van der Waals surface area contributed by atoms with Crippen LogP contribution in [0, 0.1) is 0 Å². The highest BCUT2D eigenvalue weighted by atomic mass is 19.4. The maximum Gasteiger partial charge on any atom is 0.573 e. The number of ether oxygens (including phenoxy) is 2. The number of hydrogen-bond donors (Lipinski definition) is 0. The molecular weight excluding hydrogens is 301 g/mol. The van der Waals surface area contributed by atoms with Gasteiger partial charge in [-0.05, 0) is 50.0 Å². The Balaban J connectivity index is 2.38. The van der Waals surface area contributed by atoms with Crippen LogP contribution in [0.5, 0.6) is 11.5 Å². The van der Waals surface area contributed by atoms with Crippen molar-refractivity contribution in [3.63, 3.8) is 0 Å². The van der Waals surface area contributed by atoms with Gasteiger partial charge in [-0.3, -0.25) is 0 Å². The van der Waals surface area contributed by atoms with Gasteiger partial charge in [0.05, 0.1) is 5.97 Å². The molecule has 1 aliphatic rings. The fraction of sp³-hybridized carbons (Fsp3) is 0.400. The standard InChI is InChI=1S/C15H15F3O4/c1-2-14(7-3-4-8-14)21-12-9-10(13(19)20)5-6-11(12)22-15(16,17)18/h2,5-6,9H,1,3-4,7-8H2,(H,19,20)/p-1. The van der Waals surface area contributed by atoms with E-state index in [1.165, 1.54) is 6.08 Å². The highest BCUT2D eigenvalue weighted by molar-refractivity contribution is 5.86. The summed E-state index contributed by atoms with van der Waals surface area (Å²) < 4.78 is 46.9. The Morgan fingerprint density at radius 2 is 1.91 bits per heavy atom. The second kappa shape index (κ2) is 5.90. The number of rotatable bonds is 5. The summed E-state index contributed by atoms with van der Waals surface area (Å²) in [5.74, 6) is -2.39. The van der Waals surface area contributed by atoms with Crippen LogP contribution in [0.2, 0.25) is 0 Å². The van der Waals surface area contributed by atoms with Crippen LogP contribution in [0.1, 0.15) is 36.0 Å². The number of alkyl halides is 3. The molecule has 0 spiro atoms. The number of carboxylic acids is 1. The monoisotopic (exact) mass is 315 g/mol. The van der Waals surface area contributed by atoms with Crippen molar-refractivity contribution < 1.29 is 32.5 Å². The largest absolute Gasteiger partial charge is 0.573 e. The lowest BCUT2D eigenvalue weighted by Crippen LogP contribution is -2.30. The predicted octanol–water partition coefficient (Wildman–Crippen LogP) is 2.83. The van der Waals surface area contributed by atoms with Gasteiger partial charge in [-0.2, -0.15) is 0 Å². The highest BCUT2D eigenvalue weighted by Gasteiger charge is 2.36. The summed E-state index contributed by atoms with van der Waals surface area (Å²) in [7, 11) is 0. The second-order valence-electron chi connectivity index (χ2n) is 5.07. The van der Waals surface area contributed by atoms with Gasteiger partial charge in [0.15, 0.2) is 11.5 Å². The van der Waals surface area contributed by atoms with Gasteiger partial charge < -0.3 is 19.4 Å². The number of halogens is 3. The summed E-state index contributed by atoms with van der Waals surface area (Å²) in [6.07, 6.45) is -0.487. The Labute approximate surface area is 125 Å². The van der Waals surface area contributed by atoms with Crippen LogP contribution in [0.25, 0.3) is 0 Å². The van der Waals surface area contributed by atoms with Gasteiger partial charge in [0.2, 0.25) is 0 Å². The van der Waals surface area contributed by atoms with Crippen LogP contribution in [-0.4, -0.2) is 17.9 Å². The molecule has 1 aromatic rings. The predicted molar refractivity (Wildman–Crippen MR) is 69.5 cm³/mol. The molecule has 0 aliphatic heterocycles. The lowest BCUT2D eigenvalue weighted by molar-refractivity contribution is -0.275. The van der Waals surface area contributed by atoms with Gasteiger partial charge in [-0.15, -0.1) is 13.2 Å². The maximum absolute atomic E-state index is 12.4. The zero-order valence-corrected chi connectivity index (χ0v) is 11.6. The molecule has 2 rings (SSSR count). The third kappa shape index (κ3) is 3.72. The van der Waals surface area contributed by atoms with Crippen LogP contribution in [0.4, 0.5) is 13.2 Å². The van der Waals surface area contributed by atoms with Crippen molar-refractivity contribution in [1.82, 2.24) is 0 Å². The van der Waals surface area contributed by atoms with Crippen LogP contribution < -0.4 is 14.6 Å². The number of carbonyl (C=O) groups excluding carboxylic acids is 1. The van der Waals surface area contributed by atoms with E-state index < -0.39 is 23.7 Å². The molecule has 120 valence electrons. The highest BCUT2D eigenvalue weighted by Crippen LogP contribution is 2.40. The van der Waals surface area contributed by atoms with Gasteiger partial charge >= 0.3 is 6.36 Å². The SMILES string of the molecule is C=CC1(Oc2cc(C(=O)[O-])ccc2OC(F)(F)F)CCCC1. The van der Waals surface area contributed by atoms with E-state index in [9.17, 15) is 23.1 Å². The zero-order chi connectivity index (χ0) is 16.4. The fourth-order valence-electron chi connectivity index (χ4n) is 2.46. The van der Waals surface area contributed by atoms with Crippen molar-refractivity contribution in [1.29, 1.82) is 0 Å². The first kappa shape index (κ1) is 16.2. The molecule has 0 aromatic heterocycles. The molecule has 1 fully saturated rings. The van der Waals surface area contributed by atoms with Crippen molar-refractivity contribution in [2.75, 3.05) is 0 Å². The molecule has 1 aromatic carbocycles. The average molecular weight is 315 g/mol. The zero-order valence-electron chi connectivity index (χ0n) is 11.6. The first-order chi connectivity index (χ1) is 10.2. The molecule has 4 nitrogen and oxygen atoms in total. The third-order valence-corrected chi connectivity index (χ3v) is 3.54. The van der Waals surface area contributed by atoms with Crippen molar-refractivity contribution >= 4 is 5.97 Å². The van der Waals surface area contributed by atoms with Crippen molar-refractivity contribution in [2.24, 2.45) is 0 Å². The molecule has 0 unspecified atom stereocenters. The quantitative estimate of drug-likeness (QED) is 0.784. The molecule has 1 aliphatic carbocycles. The minimum atomic E-state index is -4.90. The fourth-order valence-corrected chi connectivity index (χ4v) is 2.46. The lowest BCUT2D eigenvalue weighted by Gasteiger charge is -2.28. The van der Waals surface area contributed by atoms with E-state index in [2.05, 4.69) is 11.3 Å². The molecule has 7 heteroatoms. The molecule has 0 amide bonds. The van der Waals surface area contributed by atoms with Gasteiger partial charge in [0, 0.05) is 5.56 Å². The maximum atomic E-state index is 12.4.